The van der Waals surface area contributed by atoms with Gasteiger partial charge in [0.2, 0.25) is 6.29 Å². The Balaban J connectivity index is 1.68. The summed E-state index contributed by atoms with van der Waals surface area (Å²) >= 11 is 0. The second-order valence-corrected chi connectivity index (χ2v) is 13.2. The molecule has 0 amide bonds. The van der Waals surface area contributed by atoms with Gasteiger partial charge >= 0.3 is 5.97 Å². The van der Waals surface area contributed by atoms with Crippen LogP contribution in [-0.4, -0.2) is 137 Å². The molecule has 3 aliphatic heterocycles. The van der Waals surface area contributed by atoms with Crippen LogP contribution in [-0.2, 0) is 28.5 Å². The van der Waals surface area contributed by atoms with E-state index in [1.807, 2.05) is 12.2 Å². The first kappa shape index (κ1) is 38.4. The van der Waals surface area contributed by atoms with Crippen LogP contribution in [0.15, 0.2) is 35.6 Å². The van der Waals surface area contributed by atoms with Gasteiger partial charge in [0, 0.05) is 24.2 Å². The molecule has 3 fully saturated rings. The van der Waals surface area contributed by atoms with E-state index in [-0.39, 0.29) is 31.1 Å². The van der Waals surface area contributed by atoms with Gasteiger partial charge in [-0.3, -0.25) is 0 Å². The minimum Gasteiger partial charge on any atom is -0.550 e. The van der Waals surface area contributed by atoms with Crippen molar-refractivity contribution in [3.63, 3.8) is 0 Å². The number of piperidine rings is 1. The number of hydrogen-bond donors (Lipinski definition) is 8. The van der Waals surface area contributed by atoms with Crippen molar-refractivity contribution in [2.24, 2.45) is 23.7 Å². The fraction of sp³-hybridized carbons (Fsp3) is 0.758. The Morgan fingerprint density at radius 3 is 2.44 bits per heavy atom. The molecule has 0 bridgehead atoms. The van der Waals surface area contributed by atoms with Gasteiger partial charge in [0.15, 0.2) is 6.29 Å². The Morgan fingerprint density at radius 2 is 1.77 bits per heavy atom. The monoisotopic (exact) mass is 685 g/mol. The minimum atomic E-state index is -1.69. The summed E-state index contributed by atoms with van der Waals surface area (Å²) in [5.41, 5.74) is 1.22. The molecule has 4 rings (SSSR count). The second-order valence-electron chi connectivity index (χ2n) is 13.2. The fourth-order valence-corrected chi connectivity index (χ4v) is 6.93. The number of esters is 1. The van der Waals surface area contributed by atoms with Gasteiger partial charge in [-0.1, -0.05) is 30.2 Å². The molecule has 15 heteroatoms. The number of quaternary nitrogens is 1. The molecule has 0 spiro atoms. The molecule has 1 aliphatic carbocycles. The first-order valence-corrected chi connectivity index (χ1v) is 16.9. The van der Waals surface area contributed by atoms with E-state index in [2.05, 4.69) is 0 Å². The van der Waals surface area contributed by atoms with Crippen molar-refractivity contribution >= 4 is 11.9 Å². The number of aliphatic hydroxyl groups is 7. The number of carboxylic acids is 1. The van der Waals surface area contributed by atoms with Crippen LogP contribution < -0.4 is 10.0 Å². The van der Waals surface area contributed by atoms with E-state index in [9.17, 15) is 45.3 Å². The van der Waals surface area contributed by atoms with Gasteiger partial charge in [-0.2, -0.15) is 0 Å². The van der Waals surface area contributed by atoms with E-state index >= 15 is 0 Å². The molecule has 272 valence electrons. The van der Waals surface area contributed by atoms with Crippen LogP contribution in [0, 0.1) is 23.7 Å². The van der Waals surface area contributed by atoms with Crippen LogP contribution in [0.1, 0.15) is 44.9 Å². The predicted octanol–water partition coefficient (Wildman–Crippen LogP) is -3.73. The number of allylic oxidation sites excluding steroid dienone is 2. The predicted molar refractivity (Wildman–Crippen MR) is 163 cm³/mol. The van der Waals surface area contributed by atoms with Gasteiger partial charge in [-0.25, -0.2) is 4.79 Å². The standard InChI is InChI=1S/C33H51NO14/c35-10-9-34-14-20(12-21(15-34)30(42)43)6-7-23-24(13-19-4-2-1-3-5-19)32(46-18-25(23)31(44)45-11-8-22(38)16-36)48-33-29(41)28(40)27(39)26(17-37)47-33/h6-7,13,18,20-24,26-29,32-33,35-41H,1-5,8-12,14-17H2,(H,42,43). The van der Waals surface area contributed by atoms with E-state index in [0.717, 1.165) is 42.6 Å². The Bertz CT molecular complexity index is 1140. The summed E-state index contributed by atoms with van der Waals surface area (Å²) in [6.07, 6.45) is 1.73. The van der Waals surface area contributed by atoms with Crippen molar-refractivity contribution in [2.75, 3.05) is 46.1 Å². The normalized spacial score (nSPS) is 36.6. The van der Waals surface area contributed by atoms with Crippen molar-refractivity contribution in [1.29, 1.82) is 0 Å². The van der Waals surface area contributed by atoms with E-state index in [0.29, 0.717) is 26.1 Å². The summed E-state index contributed by atoms with van der Waals surface area (Å²) in [5.74, 6) is -4.34. The summed E-state index contributed by atoms with van der Waals surface area (Å²) in [6.45, 7) is -0.201. The number of rotatable bonds is 14. The van der Waals surface area contributed by atoms with Crippen molar-refractivity contribution in [1.82, 2.24) is 0 Å². The molecule has 3 heterocycles. The highest BCUT2D eigenvalue weighted by Gasteiger charge is 2.47. The number of aliphatic hydroxyl groups excluding tert-OH is 7. The third kappa shape index (κ3) is 10.1. The molecule has 0 aromatic rings. The lowest BCUT2D eigenvalue weighted by atomic mass is 9.79. The Hall–Kier alpha value is -2.44. The number of aliphatic carboxylic acids is 1. The van der Waals surface area contributed by atoms with Gasteiger partial charge in [0.25, 0.3) is 0 Å². The molecule has 0 aromatic heterocycles. The number of carbonyl (C=O) groups is 2. The third-order valence-corrected chi connectivity index (χ3v) is 9.65. The largest absolute Gasteiger partial charge is 0.550 e. The quantitative estimate of drug-likeness (QED) is 0.0648. The Morgan fingerprint density at radius 1 is 1.02 bits per heavy atom. The van der Waals surface area contributed by atoms with E-state index in [1.54, 1.807) is 6.08 Å². The number of carboxylic acid groups (broad SMARTS) is 1. The topological polar surface area (TPSA) is 240 Å². The number of ether oxygens (including phenoxy) is 4. The van der Waals surface area contributed by atoms with Crippen LogP contribution >= 0.6 is 0 Å². The highest BCUT2D eigenvalue weighted by atomic mass is 16.8. The number of nitrogens with one attached hydrogen (secondary N) is 1. The van der Waals surface area contributed by atoms with Crippen LogP contribution in [0.25, 0.3) is 0 Å². The zero-order valence-electron chi connectivity index (χ0n) is 27.0. The van der Waals surface area contributed by atoms with Crippen molar-refractivity contribution in [3.8, 4) is 0 Å². The molecule has 4 aliphatic rings. The van der Waals surface area contributed by atoms with E-state index in [1.165, 1.54) is 6.26 Å². The van der Waals surface area contributed by atoms with E-state index in [4.69, 9.17) is 24.1 Å². The highest BCUT2D eigenvalue weighted by molar-refractivity contribution is 5.89. The van der Waals surface area contributed by atoms with Crippen LogP contribution in [0.4, 0.5) is 0 Å². The summed E-state index contributed by atoms with van der Waals surface area (Å²) in [4.78, 5) is 26.2. The summed E-state index contributed by atoms with van der Waals surface area (Å²) in [6, 6.07) is 0. The summed E-state index contributed by atoms with van der Waals surface area (Å²) < 4.78 is 23.1. The lowest BCUT2D eigenvalue weighted by Gasteiger charge is -2.43. The van der Waals surface area contributed by atoms with E-state index < -0.39 is 86.0 Å². The average Bonchev–Trinajstić information content (AvgIpc) is 3.08. The zero-order chi connectivity index (χ0) is 34.8. The molecule has 48 heavy (non-hydrogen) atoms. The average molecular weight is 686 g/mol. The molecule has 8 N–H and O–H groups in total. The maximum absolute atomic E-state index is 13.5. The number of carbonyl (C=O) groups excluding carboxylic acids is 2. The molecule has 15 nitrogen and oxygen atoms in total. The Kier molecular flexibility index (Phi) is 14.8. The van der Waals surface area contributed by atoms with Crippen LogP contribution in [0.5, 0.6) is 0 Å². The first-order valence-electron chi connectivity index (χ1n) is 16.9. The number of likely N-dealkylation sites (tertiary alicyclic amines) is 1. The molecule has 2 saturated heterocycles. The highest BCUT2D eigenvalue weighted by Crippen LogP contribution is 2.39. The third-order valence-electron chi connectivity index (χ3n) is 9.65. The second kappa shape index (κ2) is 18.5. The lowest BCUT2D eigenvalue weighted by molar-refractivity contribution is -0.911. The fourth-order valence-electron chi connectivity index (χ4n) is 6.93. The summed E-state index contributed by atoms with van der Waals surface area (Å²) in [5, 5.41) is 81.3. The van der Waals surface area contributed by atoms with Gasteiger partial charge in [0.1, 0.15) is 31.0 Å². The van der Waals surface area contributed by atoms with Crippen molar-refractivity contribution in [3.05, 3.63) is 35.6 Å². The van der Waals surface area contributed by atoms with Gasteiger partial charge < -0.3 is 69.5 Å². The smallest absolute Gasteiger partial charge is 0.337 e. The molecule has 1 saturated carbocycles. The van der Waals surface area contributed by atoms with Crippen molar-refractivity contribution in [2.45, 2.75) is 88.0 Å². The molecular formula is C33H51NO14. The van der Waals surface area contributed by atoms with Crippen LogP contribution in [0.3, 0.4) is 0 Å². The van der Waals surface area contributed by atoms with Crippen molar-refractivity contribution < 1.29 is 74.3 Å². The molecule has 12 atom stereocenters. The maximum Gasteiger partial charge on any atom is 0.337 e. The molecule has 12 unspecified atom stereocenters. The van der Waals surface area contributed by atoms with Gasteiger partial charge in [0.05, 0.1) is 69.3 Å². The maximum atomic E-state index is 13.5. The first-order chi connectivity index (χ1) is 23.1. The Labute approximate surface area is 279 Å². The SMILES string of the molecule is O=C(OCCC(O)CO)C1=COC(OC2OC(CO)C(O)C(O)C2O)C(C=C2CCCCC2)C1C=CC1CC(C(=O)[O-])C[NH+](CCO)C1. The summed E-state index contributed by atoms with van der Waals surface area (Å²) in [7, 11) is 0. The molecule has 0 aromatic carbocycles. The number of hydrogen-bond acceptors (Lipinski definition) is 14. The van der Waals surface area contributed by atoms with Gasteiger partial charge in [-0.05, 0) is 32.1 Å². The lowest BCUT2D eigenvalue weighted by Crippen LogP contribution is -3.15. The zero-order valence-corrected chi connectivity index (χ0v) is 27.0. The van der Waals surface area contributed by atoms with Crippen LogP contribution in [0.2, 0.25) is 0 Å². The molecule has 0 radical (unpaired) electrons. The molecular weight excluding hydrogens is 634 g/mol. The van der Waals surface area contributed by atoms with Gasteiger partial charge in [-0.15, -0.1) is 0 Å². The minimum absolute atomic E-state index is 0.00334.